The number of nitrogens with zero attached hydrogens (tertiary/aromatic N) is 1. The van der Waals surface area contributed by atoms with Gasteiger partial charge in [0.2, 0.25) is 0 Å². The van der Waals surface area contributed by atoms with Crippen molar-refractivity contribution in [3.63, 3.8) is 0 Å². The molecule has 2 N–H and O–H groups in total. The summed E-state index contributed by atoms with van der Waals surface area (Å²) in [5.41, 5.74) is 1.67. The number of amides is 1. The molecule has 1 atom stereocenters. The molecule has 2 aliphatic heterocycles. The second-order valence-electron chi connectivity index (χ2n) is 6.44. The number of likely N-dealkylation sites (tertiary alicyclic amines) is 1. The van der Waals surface area contributed by atoms with E-state index in [1.165, 1.54) is 5.56 Å². The molecule has 6 nitrogen and oxygen atoms in total. The molecule has 2 heterocycles. The maximum Gasteiger partial charge on any atom is 0.407 e. The Balaban J connectivity index is 1.56. The predicted molar refractivity (Wildman–Crippen MR) is 84.1 cm³/mol. The van der Waals surface area contributed by atoms with Crippen LogP contribution in [0.25, 0.3) is 0 Å². The summed E-state index contributed by atoms with van der Waals surface area (Å²) in [7, 11) is 0. The van der Waals surface area contributed by atoms with E-state index in [-0.39, 0.29) is 18.1 Å². The van der Waals surface area contributed by atoms with Crippen molar-refractivity contribution in [1.29, 1.82) is 0 Å². The standard InChI is InChI=1S/C17H22N2O4/c20-15(21)10-13-2-4-14(5-3-13)11-19-8-1-6-17(7-9-19)12-18-16(22)23-17/h2-5H,1,6-12H2,(H,18,22)(H,20,21)/t17-/m0/s1. The maximum atomic E-state index is 11.3. The lowest BCUT2D eigenvalue weighted by Crippen LogP contribution is -2.34. The first-order valence-electron chi connectivity index (χ1n) is 8.04. The lowest BCUT2D eigenvalue weighted by molar-refractivity contribution is -0.136. The van der Waals surface area contributed by atoms with Crippen molar-refractivity contribution in [1.82, 2.24) is 10.2 Å². The molecule has 1 amide bonds. The smallest absolute Gasteiger partial charge is 0.407 e. The number of rotatable bonds is 4. The number of nitrogens with one attached hydrogen (secondary N) is 1. The van der Waals surface area contributed by atoms with E-state index in [2.05, 4.69) is 10.2 Å². The number of hydrogen-bond donors (Lipinski definition) is 2. The van der Waals surface area contributed by atoms with Gasteiger partial charge in [0.05, 0.1) is 13.0 Å². The predicted octanol–water partition coefficient (Wildman–Crippen LogP) is 1.78. The number of benzene rings is 1. The number of carbonyl (C=O) groups excluding carboxylic acids is 1. The minimum absolute atomic E-state index is 0.0604. The topological polar surface area (TPSA) is 78.9 Å². The molecule has 0 saturated carbocycles. The Kier molecular flexibility index (Phi) is 4.52. The van der Waals surface area contributed by atoms with Crippen molar-refractivity contribution in [2.75, 3.05) is 19.6 Å². The van der Waals surface area contributed by atoms with Crippen LogP contribution in [0.4, 0.5) is 4.79 Å². The molecule has 23 heavy (non-hydrogen) atoms. The fourth-order valence-corrected chi connectivity index (χ4v) is 3.36. The van der Waals surface area contributed by atoms with Gasteiger partial charge in [-0.25, -0.2) is 4.79 Å². The molecule has 3 rings (SSSR count). The summed E-state index contributed by atoms with van der Waals surface area (Å²) in [4.78, 5) is 24.4. The molecule has 0 aromatic heterocycles. The van der Waals surface area contributed by atoms with E-state index >= 15 is 0 Å². The largest absolute Gasteiger partial charge is 0.481 e. The van der Waals surface area contributed by atoms with Gasteiger partial charge in [-0.1, -0.05) is 24.3 Å². The number of carboxylic acid groups (broad SMARTS) is 1. The molecule has 0 aliphatic carbocycles. The first kappa shape index (κ1) is 15.8. The summed E-state index contributed by atoms with van der Waals surface area (Å²) in [6.07, 6.45) is 2.52. The minimum Gasteiger partial charge on any atom is -0.481 e. The highest BCUT2D eigenvalue weighted by atomic mass is 16.6. The summed E-state index contributed by atoms with van der Waals surface area (Å²) in [6, 6.07) is 7.75. The highest BCUT2D eigenvalue weighted by Crippen LogP contribution is 2.29. The van der Waals surface area contributed by atoms with Gasteiger partial charge >= 0.3 is 12.1 Å². The molecule has 0 radical (unpaired) electrons. The maximum absolute atomic E-state index is 11.3. The van der Waals surface area contributed by atoms with Crippen LogP contribution in [0.2, 0.25) is 0 Å². The second-order valence-corrected chi connectivity index (χ2v) is 6.44. The first-order valence-corrected chi connectivity index (χ1v) is 8.04. The highest BCUT2D eigenvalue weighted by molar-refractivity contribution is 5.70. The molecule has 124 valence electrons. The molecule has 1 aromatic carbocycles. The lowest BCUT2D eigenvalue weighted by atomic mass is 9.95. The number of aliphatic carboxylic acids is 1. The van der Waals surface area contributed by atoms with Crippen molar-refractivity contribution in [3.05, 3.63) is 35.4 Å². The minimum atomic E-state index is -0.810. The van der Waals surface area contributed by atoms with Gasteiger partial charge < -0.3 is 15.2 Å². The highest BCUT2D eigenvalue weighted by Gasteiger charge is 2.41. The first-order chi connectivity index (χ1) is 11.0. The van der Waals surface area contributed by atoms with Gasteiger partial charge in [-0.3, -0.25) is 9.69 Å². The zero-order valence-electron chi connectivity index (χ0n) is 13.1. The van der Waals surface area contributed by atoms with Gasteiger partial charge in [0.1, 0.15) is 5.60 Å². The third-order valence-corrected chi connectivity index (χ3v) is 4.64. The van der Waals surface area contributed by atoms with Crippen LogP contribution in [0, 0.1) is 0 Å². The SMILES string of the molecule is O=C(O)Cc1ccc(CN2CCC[C@]3(CC2)CNC(=O)O3)cc1. The molecule has 0 bridgehead atoms. The van der Waals surface area contributed by atoms with Crippen LogP contribution < -0.4 is 5.32 Å². The van der Waals surface area contributed by atoms with Crippen molar-refractivity contribution in [2.24, 2.45) is 0 Å². The van der Waals surface area contributed by atoms with Crippen molar-refractivity contribution >= 4 is 12.1 Å². The summed E-state index contributed by atoms with van der Waals surface area (Å²) in [5.74, 6) is -0.810. The Morgan fingerprint density at radius 1 is 1.22 bits per heavy atom. The molecule has 6 heteroatoms. The summed E-state index contributed by atoms with van der Waals surface area (Å²) >= 11 is 0. The third kappa shape index (κ3) is 4.01. The Labute approximate surface area is 135 Å². The van der Waals surface area contributed by atoms with Gasteiger partial charge in [-0.05, 0) is 30.5 Å². The summed E-state index contributed by atoms with van der Waals surface area (Å²) in [5, 5.41) is 11.6. The van der Waals surface area contributed by atoms with Crippen LogP contribution in [-0.2, 0) is 22.5 Å². The number of alkyl carbamates (subject to hydrolysis) is 1. The number of hydrogen-bond acceptors (Lipinski definition) is 4. The van der Waals surface area contributed by atoms with Crippen LogP contribution in [0.3, 0.4) is 0 Å². The van der Waals surface area contributed by atoms with E-state index < -0.39 is 5.97 Å². The Morgan fingerprint density at radius 2 is 1.96 bits per heavy atom. The molecule has 2 aliphatic rings. The second kappa shape index (κ2) is 6.58. The van der Waals surface area contributed by atoms with E-state index in [4.69, 9.17) is 9.84 Å². The van der Waals surface area contributed by atoms with Gasteiger partial charge in [0.15, 0.2) is 0 Å². The number of carboxylic acids is 1. The van der Waals surface area contributed by atoms with E-state index in [0.717, 1.165) is 44.5 Å². The fraction of sp³-hybridized carbons (Fsp3) is 0.529. The van der Waals surface area contributed by atoms with E-state index in [9.17, 15) is 9.59 Å². The van der Waals surface area contributed by atoms with Gasteiger partial charge in [-0.15, -0.1) is 0 Å². The lowest BCUT2D eigenvalue weighted by Gasteiger charge is -2.25. The fourth-order valence-electron chi connectivity index (χ4n) is 3.36. The van der Waals surface area contributed by atoms with Gasteiger partial charge in [0.25, 0.3) is 0 Å². The van der Waals surface area contributed by atoms with Crippen LogP contribution >= 0.6 is 0 Å². The average molecular weight is 318 g/mol. The number of ether oxygens (including phenoxy) is 1. The third-order valence-electron chi connectivity index (χ3n) is 4.64. The van der Waals surface area contributed by atoms with Crippen LogP contribution in [0.15, 0.2) is 24.3 Å². The Hall–Kier alpha value is -2.08. The van der Waals surface area contributed by atoms with Crippen molar-refractivity contribution < 1.29 is 19.4 Å². The van der Waals surface area contributed by atoms with E-state index in [1.54, 1.807) is 0 Å². The van der Waals surface area contributed by atoms with Gasteiger partial charge in [0, 0.05) is 19.5 Å². The average Bonchev–Trinajstić information content (AvgIpc) is 2.76. The molecule has 1 spiro atoms. The number of carbonyl (C=O) groups is 2. The van der Waals surface area contributed by atoms with Crippen LogP contribution in [0.5, 0.6) is 0 Å². The van der Waals surface area contributed by atoms with E-state index in [1.807, 2.05) is 24.3 Å². The normalized spacial score (nSPS) is 25.0. The van der Waals surface area contributed by atoms with Crippen molar-refractivity contribution in [2.45, 2.75) is 37.8 Å². The Morgan fingerprint density at radius 3 is 2.61 bits per heavy atom. The van der Waals surface area contributed by atoms with Crippen molar-refractivity contribution in [3.8, 4) is 0 Å². The van der Waals surface area contributed by atoms with Gasteiger partial charge in [-0.2, -0.15) is 0 Å². The van der Waals surface area contributed by atoms with Crippen LogP contribution in [-0.4, -0.2) is 47.3 Å². The monoisotopic (exact) mass is 318 g/mol. The Bertz CT molecular complexity index is 587. The molecule has 2 fully saturated rings. The summed E-state index contributed by atoms with van der Waals surface area (Å²) in [6.45, 7) is 3.33. The quantitative estimate of drug-likeness (QED) is 0.885. The molecule has 0 unspecified atom stereocenters. The summed E-state index contributed by atoms with van der Waals surface area (Å²) < 4.78 is 5.49. The zero-order chi connectivity index (χ0) is 16.3. The molecule has 1 aromatic rings. The molecular formula is C17H22N2O4. The zero-order valence-corrected chi connectivity index (χ0v) is 13.1. The van der Waals surface area contributed by atoms with Crippen LogP contribution in [0.1, 0.15) is 30.4 Å². The molecule has 2 saturated heterocycles. The van der Waals surface area contributed by atoms with E-state index in [0.29, 0.717) is 6.54 Å². The molecular weight excluding hydrogens is 296 g/mol.